The molecule has 0 aliphatic carbocycles. The van der Waals surface area contributed by atoms with Gasteiger partial charge in [-0.15, -0.1) is 0 Å². The zero-order valence-corrected chi connectivity index (χ0v) is 5.91. The van der Waals surface area contributed by atoms with Crippen LogP contribution in [-0.4, -0.2) is 29.3 Å². The average molecular weight is 227 g/mol. The highest BCUT2D eigenvalue weighted by Gasteiger charge is 2.53. The molecule has 0 aromatic rings. The number of rotatable bonds is 0. The SMILES string of the molecule is O=C(N(F)C(=O)C(F)(F)F)C(F)(F)F. The maximum atomic E-state index is 11.9. The summed E-state index contributed by atoms with van der Waals surface area (Å²) in [6, 6.07) is 0. The van der Waals surface area contributed by atoms with E-state index in [0.29, 0.717) is 0 Å². The van der Waals surface area contributed by atoms with Crippen LogP contribution in [0.4, 0.5) is 30.8 Å². The fraction of sp³-hybridized carbons (Fsp3) is 0.500. The van der Waals surface area contributed by atoms with E-state index in [1.54, 1.807) is 0 Å². The van der Waals surface area contributed by atoms with Crippen LogP contribution in [0.3, 0.4) is 0 Å². The van der Waals surface area contributed by atoms with Gasteiger partial charge in [-0.1, -0.05) is 9.60 Å². The largest absolute Gasteiger partial charge is 0.474 e. The highest BCUT2D eigenvalue weighted by atomic mass is 19.4. The smallest absolute Gasteiger partial charge is 0.261 e. The van der Waals surface area contributed by atoms with Crippen molar-refractivity contribution >= 4 is 11.8 Å². The molecule has 0 spiro atoms. The first-order valence-electron chi connectivity index (χ1n) is 2.66. The van der Waals surface area contributed by atoms with Gasteiger partial charge in [0.2, 0.25) is 0 Å². The minimum atomic E-state index is -5.88. The van der Waals surface area contributed by atoms with E-state index in [2.05, 4.69) is 0 Å². The molecule has 0 aliphatic rings. The summed E-state index contributed by atoms with van der Waals surface area (Å²) in [5.74, 6) is -7.06. The molecular formula is C4F7NO2. The Bertz CT molecular complexity index is 227. The predicted molar refractivity (Wildman–Crippen MR) is 25.1 cm³/mol. The predicted octanol–water partition coefficient (Wildman–Crippen LogP) is 1.35. The van der Waals surface area contributed by atoms with Crippen molar-refractivity contribution in [3.05, 3.63) is 0 Å². The van der Waals surface area contributed by atoms with E-state index in [4.69, 9.17) is 0 Å². The second-order valence-electron chi connectivity index (χ2n) is 1.89. The molecule has 0 unspecified atom stereocenters. The van der Waals surface area contributed by atoms with Gasteiger partial charge in [-0.3, -0.25) is 9.59 Å². The number of carbonyl (C=O) groups is 2. The van der Waals surface area contributed by atoms with Crippen molar-refractivity contribution in [2.45, 2.75) is 12.4 Å². The van der Waals surface area contributed by atoms with E-state index in [-0.39, 0.29) is 0 Å². The van der Waals surface area contributed by atoms with Crippen LogP contribution in [0.25, 0.3) is 0 Å². The highest BCUT2D eigenvalue weighted by molar-refractivity contribution is 5.98. The minimum Gasteiger partial charge on any atom is -0.261 e. The highest BCUT2D eigenvalue weighted by Crippen LogP contribution is 2.24. The molecule has 0 atom stereocenters. The summed E-state index contributed by atoms with van der Waals surface area (Å²) in [6.45, 7) is 0. The Labute approximate surface area is 71.0 Å². The average Bonchev–Trinajstić information content (AvgIpc) is 1.97. The van der Waals surface area contributed by atoms with Crippen LogP contribution in [-0.2, 0) is 9.59 Å². The molecule has 2 amide bonds. The molecule has 0 fully saturated rings. The van der Waals surface area contributed by atoms with Crippen molar-refractivity contribution in [3.8, 4) is 0 Å². The lowest BCUT2D eigenvalue weighted by Crippen LogP contribution is -2.45. The Balaban J connectivity index is 4.74. The van der Waals surface area contributed by atoms with Crippen molar-refractivity contribution in [2.75, 3.05) is 0 Å². The molecule has 0 bridgehead atoms. The Kier molecular flexibility index (Phi) is 3.09. The maximum absolute atomic E-state index is 11.9. The van der Waals surface area contributed by atoms with Crippen LogP contribution >= 0.6 is 0 Å². The summed E-state index contributed by atoms with van der Waals surface area (Å²) in [4.78, 5) is 19.5. The number of halogens is 7. The molecule has 0 heterocycles. The van der Waals surface area contributed by atoms with Gasteiger partial charge in [-0.2, -0.15) is 26.3 Å². The van der Waals surface area contributed by atoms with Gasteiger partial charge < -0.3 is 0 Å². The summed E-state index contributed by atoms with van der Waals surface area (Å²) in [5, 5.41) is -2.53. The molecule has 0 N–H and O–H groups in total. The molecule has 0 aromatic heterocycles. The molecule has 0 saturated heterocycles. The lowest BCUT2D eigenvalue weighted by Gasteiger charge is -2.13. The molecule has 3 nitrogen and oxygen atoms in total. The quantitative estimate of drug-likeness (QED) is 0.462. The number of carbonyl (C=O) groups excluding carboxylic acids is 2. The molecule has 0 radical (unpaired) electrons. The summed E-state index contributed by atoms with van der Waals surface area (Å²) in [6.07, 6.45) is -11.8. The number of hydrogen-bond acceptors (Lipinski definition) is 2. The van der Waals surface area contributed by atoms with E-state index in [0.717, 1.165) is 0 Å². The fourth-order valence-electron chi connectivity index (χ4n) is 0.315. The standard InChI is InChI=1S/C4F7NO2/c5-3(6,7)1(13)12(11)2(14)4(8,9)10. The third-order valence-electron chi connectivity index (χ3n) is 0.842. The first kappa shape index (κ1) is 12.7. The number of nitrogens with zero attached hydrogens (tertiary/aromatic N) is 1. The third-order valence-corrected chi connectivity index (χ3v) is 0.842. The number of hydrogen-bond donors (Lipinski definition) is 0. The van der Waals surface area contributed by atoms with Crippen molar-refractivity contribution in [1.82, 2.24) is 5.12 Å². The lowest BCUT2D eigenvalue weighted by atomic mass is 10.5. The molecule has 10 heteroatoms. The van der Waals surface area contributed by atoms with Crippen molar-refractivity contribution < 1.29 is 40.4 Å². The second-order valence-corrected chi connectivity index (χ2v) is 1.89. The van der Waals surface area contributed by atoms with Gasteiger partial charge in [0.25, 0.3) is 0 Å². The summed E-state index contributed by atoms with van der Waals surface area (Å²) in [7, 11) is 0. The van der Waals surface area contributed by atoms with Gasteiger partial charge >= 0.3 is 24.2 Å². The van der Waals surface area contributed by atoms with E-state index >= 15 is 0 Å². The van der Waals surface area contributed by atoms with Crippen molar-refractivity contribution in [1.29, 1.82) is 0 Å². The molecule has 0 rings (SSSR count). The fourth-order valence-corrected chi connectivity index (χ4v) is 0.315. The van der Waals surface area contributed by atoms with Gasteiger partial charge in [-0.05, 0) is 0 Å². The van der Waals surface area contributed by atoms with E-state index in [9.17, 15) is 40.4 Å². The Hall–Kier alpha value is -1.35. The zero-order valence-electron chi connectivity index (χ0n) is 5.91. The Morgan fingerprint density at radius 3 is 1.14 bits per heavy atom. The molecule has 0 aliphatic heterocycles. The molecule has 82 valence electrons. The lowest BCUT2D eigenvalue weighted by molar-refractivity contribution is -0.221. The normalized spacial score (nSPS) is 12.5. The van der Waals surface area contributed by atoms with Crippen molar-refractivity contribution in [2.24, 2.45) is 0 Å². The van der Waals surface area contributed by atoms with Gasteiger partial charge in [0.1, 0.15) is 0 Å². The molecular weight excluding hydrogens is 227 g/mol. The van der Waals surface area contributed by atoms with Crippen LogP contribution in [0.2, 0.25) is 0 Å². The van der Waals surface area contributed by atoms with Crippen molar-refractivity contribution in [3.63, 3.8) is 0 Å². The van der Waals surface area contributed by atoms with Gasteiger partial charge in [-0.25, -0.2) is 0 Å². The van der Waals surface area contributed by atoms with Crippen LogP contribution in [0, 0.1) is 0 Å². The molecule has 0 saturated carbocycles. The van der Waals surface area contributed by atoms with Crippen LogP contribution in [0.1, 0.15) is 0 Å². The van der Waals surface area contributed by atoms with Gasteiger partial charge in [0.05, 0.1) is 0 Å². The Morgan fingerprint density at radius 2 is 1.00 bits per heavy atom. The topological polar surface area (TPSA) is 37.4 Å². The molecule has 14 heavy (non-hydrogen) atoms. The van der Waals surface area contributed by atoms with Crippen LogP contribution < -0.4 is 0 Å². The number of imide groups is 1. The number of alkyl halides is 6. The summed E-state index contributed by atoms with van der Waals surface area (Å²) in [5.41, 5.74) is 0. The first-order chi connectivity index (χ1) is 5.98. The van der Waals surface area contributed by atoms with Crippen LogP contribution in [0.5, 0.6) is 0 Å². The second kappa shape index (κ2) is 3.42. The third kappa shape index (κ3) is 2.85. The first-order valence-corrected chi connectivity index (χ1v) is 2.66. The van der Waals surface area contributed by atoms with Gasteiger partial charge in [0, 0.05) is 0 Å². The van der Waals surface area contributed by atoms with Crippen LogP contribution in [0.15, 0.2) is 0 Å². The van der Waals surface area contributed by atoms with E-state index < -0.39 is 29.3 Å². The summed E-state index contributed by atoms with van der Waals surface area (Å²) >= 11 is 0. The number of amides is 2. The Morgan fingerprint density at radius 1 is 0.786 bits per heavy atom. The zero-order chi connectivity index (χ0) is 11.7. The summed E-state index contributed by atoms with van der Waals surface area (Å²) < 4.78 is 79.7. The minimum absolute atomic E-state index is 2.53. The monoisotopic (exact) mass is 227 g/mol. The maximum Gasteiger partial charge on any atom is 0.474 e. The van der Waals surface area contributed by atoms with E-state index in [1.165, 1.54) is 0 Å². The van der Waals surface area contributed by atoms with Gasteiger partial charge in [0.15, 0.2) is 0 Å². The molecule has 0 aromatic carbocycles. The van der Waals surface area contributed by atoms with E-state index in [1.807, 2.05) is 0 Å².